The van der Waals surface area contributed by atoms with Crippen molar-refractivity contribution in [3.63, 3.8) is 0 Å². The number of hydrogen-bond donors (Lipinski definition) is 4. The number of aliphatic hydroxyl groups excluding tert-OH is 3. The molecule has 9 unspecified atom stereocenters. The zero-order chi connectivity index (χ0) is 18.0. The summed E-state index contributed by atoms with van der Waals surface area (Å²) < 4.78 is 5.95. The smallest absolute Gasteiger partial charge is 0.201 e. The Kier molecular flexibility index (Phi) is 3.01. The van der Waals surface area contributed by atoms with Gasteiger partial charge in [-0.05, 0) is 54.9 Å². The second kappa shape index (κ2) is 4.50. The van der Waals surface area contributed by atoms with Crippen LogP contribution >= 0.6 is 0 Å². The summed E-state index contributed by atoms with van der Waals surface area (Å²) in [5, 5.41) is 45.3. The minimum Gasteiger partial charge on any atom is -0.392 e. The van der Waals surface area contributed by atoms with Crippen molar-refractivity contribution in [2.45, 2.75) is 70.1 Å². The summed E-state index contributed by atoms with van der Waals surface area (Å²) in [5.74, 6) is -1.91. The van der Waals surface area contributed by atoms with E-state index in [9.17, 15) is 20.4 Å². The first-order valence-corrected chi connectivity index (χ1v) is 9.72. The molecular formula is C20H30O5. The molecule has 6 aliphatic rings. The van der Waals surface area contributed by atoms with Gasteiger partial charge in [0.15, 0.2) is 0 Å². The summed E-state index contributed by atoms with van der Waals surface area (Å²) in [6.07, 6.45) is 1.26. The van der Waals surface area contributed by atoms with E-state index in [2.05, 4.69) is 20.4 Å². The maximum absolute atomic E-state index is 11.6. The van der Waals surface area contributed by atoms with E-state index in [1.807, 2.05) is 0 Å². The van der Waals surface area contributed by atoms with Crippen molar-refractivity contribution >= 4 is 0 Å². The first kappa shape index (κ1) is 16.7. The van der Waals surface area contributed by atoms with Crippen molar-refractivity contribution < 1.29 is 25.2 Å². The molecule has 5 nitrogen and oxygen atoms in total. The highest BCUT2D eigenvalue weighted by Gasteiger charge is 2.83. The predicted octanol–water partition coefficient (Wildman–Crippen LogP) is 1.20. The molecule has 2 spiro atoms. The lowest BCUT2D eigenvalue weighted by atomic mass is 9.36. The highest BCUT2D eigenvalue weighted by molar-refractivity contribution is 5.35. The van der Waals surface area contributed by atoms with Gasteiger partial charge >= 0.3 is 0 Å². The van der Waals surface area contributed by atoms with Crippen molar-refractivity contribution in [1.29, 1.82) is 0 Å². The van der Waals surface area contributed by atoms with Crippen molar-refractivity contribution in [2.75, 3.05) is 6.61 Å². The van der Waals surface area contributed by atoms with E-state index in [1.165, 1.54) is 0 Å². The van der Waals surface area contributed by atoms with E-state index in [4.69, 9.17) is 4.74 Å². The van der Waals surface area contributed by atoms with Gasteiger partial charge in [0.25, 0.3) is 0 Å². The van der Waals surface area contributed by atoms with Gasteiger partial charge in [-0.3, -0.25) is 0 Å². The topological polar surface area (TPSA) is 90.2 Å². The molecule has 4 aliphatic carbocycles. The molecule has 0 amide bonds. The van der Waals surface area contributed by atoms with E-state index in [0.29, 0.717) is 12.8 Å². The van der Waals surface area contributed by atoms with Crippen LogP contribution in [0, 0.1) is 34.0 Å². The zero-order valence-corrected chi connectivity index (χ0v) is 15.1. The molecule has 0 radical (unpaired) electrons. The van der Waals surface area contributed by atoms with E-state index < -0.39 is 34.9 Å². The molecular weight excluding hydrogens is 320 g/mol. The average Bonchev–Trinajstić information content (AvgIpc) is 2.75. The second-order valence-electron chi connectivity index (χ2n) is 10.1. The molecule has 2 heterocycles. The number of rotatable bonds is 0. The summed E-state index contributed by atoms with van der Waals surface area (Å²) in [4.78, 5) is 0. The van der Waals surface area contributed by atoms with Gasteiger partial charge in [-0.15, -0.1) is 0 Å². The van der Waals surface area contributed by atoms with E-state index in [1.54, 1.807) is 0 Å². The van der Waals surface area contributed by atoms with E-state index >= 15 is 0 Å². The summed E-state index contributed by atoms with van der Waals surface area (Å²) in [6, 6.07) is 0. The van der Waals surface area contributed by atoms with Crippen LogP contribution in [0.1, 0.15) is 46.0 Å². The van der Waals surface area contributed by atoms with Gasteiger partial charge in [0.2, 0.25) is 5.79 Å². The van der Waals surface area contributed by atoms with Crippen molar-refractivity contribution in [1.82, 2.24) is 0 Å². The Hall–Kier alpha value is -0.460. The Balaban J connectivity index is 1.77. The fourth-order valence-corrected chi connectivity index (χ4v) is 8.07. The first-order valence-electron chi connectivity index (χ1n) is 9.72. The van der Waals surface area contributed by atoms with Gasteiger partial charge in [0.05, 0.1) is 24.2 Å². The van der Waals surface area contributed by atoms with Crippen LogP contribution in [0.5, 0.6) is 0 Å². The lowest BCUT2D eigenvalue weighted by Gasteiger charge is -2.75. The van der Waals surface area contributed by atoms with Gasteiger partial charge in [-0.25, -0.2) is 0 Å². The van der Waals surface area contributed by atoms with E-state index in [-0.39, 0.29) is 29.8 Å². The van der Waals surface area contributed by atoms with Crippen molar-refractivity contribution in [3.05, 3.63) is 12.2 Å². The molecule has 4 bridgehead atoms. The molecule has 4 saturated carbocycles. The fraction of sp³-hybridized carbons (Fsp3) is 0.900. The molecule has 9 atom stereocenters. The molecule has 5 heteroatoms. The first-order chi connectivity index (χ1) is 11.6. The van der Waals surface area contributed by atoms with Crippen LogP contribution in [0.15, 0.2) is 12.2 Å². The normalized spacial score (nSPS) is 61.8. The molecule has 6 fully saturated rings. The molecule has 0 aromatic rings. The van der Waals surface area contributed by atoms with Crippen molar-refractivity contribution in [3.8, 4) is 0 Å². The van der Waals surface area contributed by atoms with Crippen LogP contribution in [0.25, 0.3) is 0 Å². The second-order valence-corrected chi connectivity index (χ2v) is 10.1. The summed E-state index contributed by atoms with van der Waals surface area (Å²) in [5.41, 5.74) is -0.996. The quantitative estimate of drug-likeness (QED) is 0.493. The lowest BCUT2D eigenvalue weighted by Crippen LogP contribution is -2.84. The highest BCUT2D eigenvalue weighted by atomic mass is 16.6. The van der Waals surface area contributed by atoms with Gasteiger partial charge in [-0.2, -0.15) is 0 Å². The molecule has 0 aromatic heterocycles. The van der Waals surface area contributed by atoms with Gasteiger partial charge in [-0.1, -0.05) is 20.4 Å². The van der Waals surface area contributed by atoms with Crippen molar-refractivity contribution in [2.24, 2.45) is 34.0 Å². The molecule has 25 heavy (non-hydrogen) atoms. The summed E-state index contributed by atoms with van der Waals surface area (Å²) >= 11 is 0. The number of hydrogen-bond acceptors (Lipinski definition) is 5. The number of fused-ring (bicyclic) bond motifs is 2. The zero-order valence-electron chi connectivity index (χ0n) is 15.1. The monoisotopic (exact) mass is 350 g/mol. The molecule has 0 aromatic carbocycles. The third-order valence-electron chi connectivity index (χ3n) is 9.05. The molecule has 140 valence electrons. The Morgan fingerprint density at radius 3 is 2.56 bits per heavy atom. The fourth-order valence-electron chi connectivity index (χ4n) is 8.07. The standard InChI is InChI=1S/C20H30O5/c1-10-11-4-5-12-18-9-25-20(24,19(12,8-11)15(10)22)16(23)14(18)17(2,3)7-6-13(18)21/h11-16,21-24H,1,4-9H2,2-3H3. The maximum atomic E-state index is 11.6. The Bertz CT molecular complexity index is 646. The minimum atomic E-state index is -1.77. The third kappa shape index (κ3) is 1.49. The Labute approximate surface area is 148 Å². The molecule has 2 aliphatic heterocycles. The third-order valence-corrected chi connectivity index (χ3v) is 9.05. The van der Waals surface area contributed by atoms with Crippen LogP contribution in [0.3, 0.4) is 0 Å². The van der Waals surface area contributed by atoms with Crippen LogP contribution < -0.4 is 0 Å². The van der Waals surface area contributed by atoms with Crippen LogP contribution in [-0.4, -0.2) is 51.1 Å². The van der Waals surface area contributed by atoms with Crippen LogP contribution in [0.4, 0.5) is 0 Å². The average molecular weight is 350 g/mol. The van der Waals surface area contributed by atoms with Gasteiger partial charge in [0, 0.05) is 11.3 Å². The minimum absolute atomic E-state index is 0.0628. The molecule has 6 rings (SSSR count). The molecule has 2 saturated heterocycles. The van der Waals surface area contributed by atoms with Crippen LogP contribution in [-0.2, 0) is 4.74 Å². The summed E-state index contributed by atoms with van der Waals surface area (Å²) in [6.45, 7) is 8.60. The Morgan fingerprint density at radius 2 is 1.84 bits per heavy atom. The Morgan fingerprint density at radius 1 is 1.12 bits per heavy atom. The largest absolute Gasteiger partial charge is 0.392 e. The number of ether oxygens (including phenoxy) is 1. The van der Waals surface area contributed by atoms with E-state index in [0.717, 1.165) is 24.8 Å². The van der Waals surface area contributed by atoms with Crippen LogP contribution in [0.2, 0.25) is 0 Å². The molecule has 4 N–H and O–H groups in total. The lowest BCUT2D eigenvalue weighted by molar-refractivity contribution is -0.466. The maximum Gasteiger partial charge on any atom is 0.201 e. The van der Waals surface area contributed by atoms with Gasteiger partial charge < -0.3 is 25.2 Å². The number of aliphatic hydroxyl groups is 4. The predicted molar refractivity (Wildman–Crippen MR) is 90.3 cm³/mol. The summed E-state index contributed by atoms with van der Waals surface area (Å²) in [7, 11) is 0. The highest BCUT2D eigenvalue weighted by Crippen LogP contribution is 2.77. The van der Waals surface area contributed by atoms with Gasteiger partial charge in [0.1, 0.15) is 6.10 Å². The SMILES string of the molecule is C=C1C2CCC3C45COC(O)(C(O)C4C(C)(C)CCC5O)C3(C2)C1O.